The molecule has 136 valence electrons. The first-order valence-corrected chi connectivity index (χ1v) is 8.41. The molecule has 6 nitrogen and oxygen atoms in total. The summed E-state index contributed by atoms with van der Waals surface area (Å²) in [6, 6.07) is 0. The normalized spacial score (nSPS) is 40.3. The van der Waals surface area contributed by atoms with Gasteiger partial charge in [-0.05, 0) is 31.4 Å². The van der Waals surface area contributed by atoms with Crippen LogP contribution in [0.2, 0.25) is 0 Å². The summed E-state index contributed by atoms with van der Waals surface area (Å²) < 4.78 is 11.1. The molecule has 1 saturated heterocycles. The number of carbonyl (C=O) groups is 2. The van der Waals surface area contributed by atoms with Gasteiger partial charge in [0.15, 0.2) is 0 Å². The number of ether oxygens (including phenoxy) is 2. The lowest BCUT2D eigenvalue weighted by Crippen LogP contribution is -2.55. The van der Waals surface area contributed by atoms with Gasteiger partial charge in [0.25, 0.3) is 0 Å². The molecule has 0 amide bonds. The zero-order valence-corrected chi connectivity index (χ0v) is 14.7. The highest BCUT2D eigenvalue weighted by Crippen LogP contribution is 2.56. The summed E-state index contributed by atoms with van der Waals surface area (Å²) in [4.78, 5) is 24.2. The Labute approximate surface area is 146 Å². The average Bonchev–Trinajstić information content (AvgIpc) is 2.80. The van der Waals surface area contributed by atoms with Crippen LogP contribution >= 0.6 is 0 Å². The SMILES string of the molecule is C=C(C)C(=O)OC1CC2(C)C(=C(C)C(O)CC2O)C2OC(=O)C(=C)C12. The van der Waals surface area contributed by atoms with Crippen LogP contribution < -0.4 is 0 Å². The Hall–Kier alpha value is -1.92. The molecule has 6 heteroatoms. The lowest BCUT2D eigenvalue weighted by atomic mass is 9.57. The lowest BCUT2D eigenvalue weighted by Gasteiger charge is -2.51. The van der Waals surface area contributed by atoms with Crippen LogP contribution in [0.3, 0.4) is 0 Å². The maximum Gasteiger partial charge on any atom is 0.334 e. The van der Waals surface area contributed by atoms with E-state index in [4.69, 9.17) is 9.47 Å². The molecule has 2 aliphatic carbocycles. The summed E-state index contributed by atoms with van der Waals surface area (Å²) in [6.07, 6.45) is -2.45. The van der Waals surface area contributed by atoms with Gasteiger partial charge in [0, 0.05) is 23.0 Å². The van der Waals surface area contributed by atoms with Crippen LogP contribution in [0.4, 0.5) is 0 Å². The van der Waals surface area contributed by atoms with Crippen molar-refractivity contribution in [2.75, 3.05) is 0 Å². The van der Waals surface area contributed by atoms with Gasteiger partial charge in [-0.1, -0.05) is 20.1 Å². The Balaban J connectivity index is 2.09. The van der Waals surface area contributed by atoms with E-state index in [1.165, 1.54) is 0 Å². The van der Waals surface area contributed by atoms with Gasteiger partial charge in [-0.2, -0.15) is 0 Å². The molecule has 0 aromatic heterocycles. The third-order valence-corrected chi connectivity index (χ3v) is 5.86. The van der Waals surface area contributed by atoms with Crippen molar-refractivity contribution in [3.8, 4) is 0 Å². The Morgan fingerprint density at radius 1 is 1.40 bits per heavy atom. The molecule has 0 bridgehead atoms. The van der Waals surface area contributed by atoms with E-state index in [2.05, 4.69) is 13.2 Å². The van der Waals surface area contributed by atoms with Crippen molar-refractivity contribution >= 4 is 11.9 Å². The predicted molar refractivity (Wildman–Crippen MR) is 89.3 cm³/mol. The Kier molecular flexibility index (Phi) is 4.16. The lowest BCUT2D eigenvalue weighted by molar-refractivity contribution is -0.156. The smallest absolute Gasteiger partial charge is 0.334 e. The van der Waals surface area contributed by atoms with E-state index in [-0.39, 0.29) is 17.6 Å². The average molecular weight is 348 g/mol. The van der Waals surface area contributed by atoms with Crippen molar-refractivity contribution in [3.63, 3.8) is 0 Å². The zero-order valence-electron chi connectivity index (χ0n) is 14.7. The number of hydrogen-bond acceptors (Lipinski definition) is 6. The summed E-state index contributed by atoms with van der Waals surface area (Å²) in [6.45, 7) is 12.6. The molecule has 0 aromatic carbocycles. The van der Waals surface area contributed by atoms with Crippen LogP contribution in [0.1, 0.15) is 33.6 Å². The molecule has 6 atom stereocenters. The minimum Gasteiger partial charge on any atom is -0.458 e. The molecular weight excluding hydrogens is 324 g/mol. The van der Waals surface area contributed by atoms with E-state index in [9.17, 15) is 19.8 Å². The topological polar surface area (TPSA) is 93.1 Å². The van der Waals surface area contributed by atoms with Crippen LogP contribution in [0.25, 0.3) is 0 Å². The predicted octanol–water partition coefficient (Wildman–Crippen LogP) is 1.42. The van der Waals surface area contributed by atoms with Crippen molar-refractivity contribution in [2.45, 2.75) is 58.0 Å². The molecule has 25 heavy (non-hydrogen) atoms. The molecule has 2 N–H and O–H groups in total. The molecule has 1 aliphatic heterocycles. The van der Waals surface area contributed by atoms with E-state index in [1.807, 2.05) is 6.92 Å². The number of esters is 2. The maximum absolute atomic E-state index is 12.1. The summed E-state index contributed by atoms with van der Waals surface area (Å²) in [5.74, 6) is -1.61. The Bertz CT molecular complexity index is 705. The minimum atomic E-state index is -0.833. The highest BCUT2D eigenvalue weighted by molar-refractivity contribution is 5.92. The first kappa shape index (κ1) is 17.9. The van der Waals surface area contributed by atoms with Crippen molar-refractivity contribution in [1.29, 1.82) is 0 Å². The van der Waals surface area contributed by atoms with Crippen molar-refractivity contribution in [1.82, 2.24) is 0 Å². The molecule has 6 unspecified atom stereocenters. The Morgan fingerprint density at radius 3 is 2.64 bits per heavy atom. The molecule has 1 heterocycles. The standard InChI is InChI=1S/C19H24O6/c1-8(2)17(22)24-12-7-19(5)13(21)6-11(20)9(3)15(19)16-14(12)10(4)18(23)25-16/h11-14,16,20-21H,1,4,6-7H2,2-3,5H3. The molecule has 3 aliphatic rings. The van der Waals surface area contributed by atoms with Gasteiger partial charge in [0.1, 0.15) is 12.2 Å². The van der Waals surface area contributed by atoms with Crippen LogP contribution in [-0.4, -0.2) is 46.6 Å². The van der Waals surface area contributed by atoms with Crippen LogP contribution in [0.15, 0.2) is 35.5 Å². The number of rotatable bonds is 2. The van der Waals surface area contributed by atoms with E-state index in [0.29, 0.717) is 12.0 Å². The third kappa shape index (κ3) is 2.55. The molecule has 3 rings (SSSR count). The van der Waals surface area contributed by atoms with Gasteiger partial charge in [0.05, 0.1) is 18.1 Å². The maximum atomic E-state index is 12.1. The third-order valence-electron chi connectivity index (χ3n) is 5.86. The van der Waals surface area contributed by atoms with E-state index in [1.54, 1.807) is 13.8 Å². The fraction of sp³-hybridized carbons (Fsp3) is 0.579. The van der Waals surface area contributed by atoms with Crippen LogP contribution in [0, 0.1) is 11.3 Å². The monoisotopic (exact) mass is 348 g/mol. The summed E-state index contributed by atoms with van der Waals surface area (Å²) in [7, 11) is 0. The van der Waals surface area contributed by atoms with E-state index in [0.717, 1.165) is 5.57 Å². The van der Waals surface area contributed by atoms with Crippen molar-refractivity contribution < 1.29 is 29.3 Å². The first-order chi connectivity index (χ1) is 11.6. The van der Waals surface area contributed by atoms with Gasteiger partial charge in [0.2, 0.25) is 0 Å². The summed E-state index contributed by atoms with van der Waals surface area (Å²) in [5.41, 5.74) is 1.18. The number of carbonyl (C=O) groups excluding carboxylic acids is 2. The fourth-order valence-electron chi connectivity index (χ4n) is 4.39. The molecule has 1 saturated carbocycles. The molecular formula is C19H24O6. The zero-order chi connectivity index (χ0) is 18.7. The molecule has 2 fully saturated rings. The highest BCUT2D eigenvalue weighted by atomic mass is 16.6. The minimum absolute atomic E-state index is 0.194. The Morgan fingerprint density at radius 2 is 2.04 bits per heavy atom. The second kappa shape index (κ2) is 5.81. The van der Waals surface area contributed by atoms with E-state index >= 15 is 0 Å². The van der Waals surface area contributed by atoms with Gasteiger partial charge in [-0.3, -0.25) is 0 Å². The van der Waals surface area contributed by atoms with Gasteiger partial charge in [-0.25, -0.2) is 9.59 Å². The molecule has 0 radical (unpaired) electrons. The van der Waals surface area contributed by atoms with Gasteiger partial charge < -0.3 is 19.7 Å². The second-order valence-electron chi connectivity index (χ2n) is 7.59. The largest absolute Gasteiger partial charge is 0.458 e. The van der Waals surface area contributed by atoms with Crippen LogP contribution in [0.5, 0.6) is 0 Å². The van der Waals surface area contributed by atoms with E-state index < -0.39 is 47.7 Å². The summed E-state index contributed by atoms with van der Waals surface area (Å²) >= 11 is 0. The van der Waals surface area contributed by atoms with Crippen LogP contribution in [-0.2, 0) is 19.1 Å². The first-order valence-electron chi connectivity index (χ1n) is 8.41. The van der Waals surface area contributed by atoms with Gasteiger partial charge in [-0.15, -0.1) is 0 Å². The molecule has 0 aromatic rings. The summed E-state index contributed by atoms with van der Waals surface area (Å²) in [5, 5.41) is 20.9. The number of fused-ring (bicyclic) bond motifs is 3. The van der Waals surface area contributed by atoms with Crippen molar-refractivity contribution in [3.05, 3.63) is 35.5 Å². The van der Waals surface area contributed by atoms with Gasteiger partial charge >= 0.3 is 11.9 Å². The number of aliphatic hydroxyl groups is 2. The number of hydrogen-bond donors (Lipinski definition) is 2. The fourth-order valence-corrected chi connectivity index (χ4v) is 4.39. The highest BCUT2D eigenvalue weighted by Gasteiger charge is 2.60. The molecule has 0 spiro atoms. The second-order valence-corrected chi connectivity index (χ2v) is 7.59. The van der Waals surface area contributed by atoms with Crippen molar-refractivity contribution in [2.24, 2.45) is 11.3 Å². The quantitative estimate of drug-likeness (QED) is 0.445. The number of aliphatic hydroxyl groups excluding tert-OH is 2.